The van der Waals surface area contributed by atoms with E-state index in [1.54, 1.807) is 19.2 Å². The maximum absolute atomic E-state index is 12.0. The highest BCUT2D eigenvalue weighted by Gasteiger charge is 2.29. The van der Waals surface area contributed by atoms with Gasteiger partial charge >= 0.3 is 0 Å². The number of nitriles is 1. The van der Waals surface area contributed by atoms with Crippen LogP contribution in [0.5, 0.6) is 0 Å². The molecule has 1 heterocycles. The van der Waals surface area contributed by atoms with E-state index in [1.807, 2.05) is 12.1 Å². The number of amides is 2. The Hall–Kier alpha value is -2.01. The first-order valence-corrected chi connectivity index (χ1v) is 8.99. The molecule has 0 aromatic heterocycles. The number of allylic oxidation sites excluding steroid dienone is 1. The van der Waals surface area contributed by atoms with E-state index in [-0.39, 0.29) is 29.9 Å². The van der Waals surface area contributed by atoms with E-state index in [2.05, 4.69) is 16.7 Å². The monoisotopic (exact) mass is 379 g/mol. The van der Waals surface area contributed by atoms with E-state index in [0.29, 0.717) is 28.8 Å². The fraction of sp³-hybridized carbons (Fsp3) is 0.353. The molecular weight excluding hydrogens is 362 g/mol. The van der Waals surface area contributed by atoms with Crippen LogP contribution in [0.3, 0.4) is 0 Å². The number of rotatable bonds is 7. The first-order valence-electron chi connectivity index (χ1n) is 7.63. The molecule has 2 rings (SSSR count). The minimum Gasteiger partial charge on any atom is -0.383 e. The molecule has 0 radical (unpaired) electrons. The second-order valence-corrected chi connectivity index (χ2v) is 6.76. The first kappa shape index (κ1) is 19.3. The third-order valence-electron chi connectivity index (χ3n) is 3.60. The predicted octanol–water partition coefficient (Wildman–Crippen LogP) is 2.17. The van der Waals surface area contributed by atoms with Crippen LogP contribution in [0.4, 0.5) is 0 Å². The van der Waals surface area contributed by atoms with Crippen LogP contribution in [0.2, 0.25) is 5.02 Å². The zero-order valence-corrected chi connectivity index (χ0v) is 15.2. The Labute approximate surface area is 155 Å². The van der Waals surface area contributed by atoms with Gasteiger partial charge in [-0.3, -0.25) is 9.59 Å². The summed E-state index contributed by atoms with van der Waals surface area (Å²) in [7, 11) is 1.55. The van der Waals surface area contributed by atoms with E-state index >= 15 is 0 Å². The Kier molecular flexibility index (Phi) is 7.31. The van der Waals surface area contributed by atoms with Crippen molar-refractivity contribution < 1.29 is 14.3 Å². The van der Waals surface area contributed by atoms with E-state index in [9.17, 15) is 14.9 Å². The molecule has 1 aromatic carbocycles. The number of benzene rings is 1. The fourth-order valence-electron chi connectivity index (χ4n) is 2.39. The number of halogens is 1. The van der Waals surface area contributed by atoms with Crippen molar-refractivity contribution in [2.24, 2.45) is 0 Å². The molecule has 1 atom stereocenters. The molecule has 6 nitrogen and oxygen atoms in total. The quantitative estimate of drug-likeness (QED) is 0.708. The summed E-state index contributed by atoms with van der Waals surface area (Å²) < 4.78 is 4.87. The van der Waals surface area contributed by atoms with Crippen molar-refractivity contribution >= 4 is 35.2 Å². The smallest absolute Gasteiger partial charge is 0.230 e. The van der Waals surface area contributed by atoms with Crippen molar-refractivity contribution in [2.45, 2.75) is 12.3 Å². The average molecular weight is 380 g/mol. The molecule has 1 aliphatic rings. The Morgan fingerprint density at radius 2 is 2.20 bits per heavy atom. The maximum Gasteiger partial charge on any atom is 0.230 e. The second kappa shape index (κ2) is 9.47. The SMILES string of the molecule is COCCNC(=O)CSC1=C(C#N)[C@H](c2ccc(Cl)cc2)CC(=O)N1. The number of nitrogens with one attached hydrogen (secondary N) is 2. The molecule has 0 spiro atoms. The van der Waals surface area contributed by atoms with Gasteiger partial charge in [0.2, 0.25) is 11.8 Å². The lowest BCUT2D eigenvalue weighted by Crippen LogP contribution is -2.33. The standard InChI is InChI=1S/C17H18ClN3O3S/c1-24-7-6-20-16(23)10-25-17-14(9-19)13(8-15(22)21-17)11-2-4-12(18)5-3-11/h2-5,13H,6-8,10H2,1H3,(H,20,23)(H,21,22)/t13-/m0/s1. The Morgan fingerprint density at radius 1 is 1.48 bits per heavy atom. The number of methoxy groups -OCH3 is 1. The number of carbonyl (C=O) groups is 2. The number of thioether (sulfide) groups is 1. The van der Waals surface area contributed by atoms with Crippen molar-refractivity contribution in [3.63, 3.8) is 0 Å². The van der Waals surface area contributed by atoms with Crippen molar-refractivity contribution in [3.05, 3.63) is 45.5 Å². The number of carbonyl (C=O) groups excluding carboxylic acids is 2. The summed E-state index contributed by atoms with van der Waals surface area (Å²) in [5, 5.41) is 16.0. The van der Waals surface area contributed by atoms with Crippen LogP contribution < -0.4 is 10.6 Å². The van der Waals surface area contributed by atoms with Gasteiger partial charge < -0.3 is 15.4 Å². The van der Waals surface area contributed by atoms with Crippen LogP contribution in [0.15, 0.2) is 34.9 Å². The normalized spacial score (nSPS) is 17.0. The number of nitrogens with zero attached hydrogens (tertiary/aromatic N) is 1. The van der Waals surface area contributed by atoms with Gasteiger partial charge in [0.15, 0.2) is 0 Å². The fourth-order valence-corrected chi connectivity index (χ4v) is 3.43. The van der Waals surface area contributed by atoms with E-state index in [0.717, 1.165) is 17.3 Å². The molecule has 25 heavy (non-hydrogen) atoms. The van der Waals surface area contributed by atoms with Crippen molar-refractivity contribution in [2.75, 3.05) is 26.0 Å². The summed E-state index contributed by atoms with van der Waals surface area (Å²) >= 11 is 7.05. The zero-order valence-electron chi connectivity index (χ0n) is 13.7. The molecule has 132 valence electrons. The Bertz CT molecular complexity index is 713. The highest BCUT2D eigenvalue weighted by Crippen LogP contribution is 2.36. The molecule has 1 aliphatic heterocycles. The Balaban J connectivity index is 2.13. The van der Waals surface area contributed by atoms with Gasteiger partial charge in [-0.2, -0.15) is 5.26 Å². The highest BCUT2D eigenvalue weighted by atomic mass is 35.5. The molecule has 2 N–H and O–H groups in total. The molecular formula is C17H18ClN3O3S. The van der Waals surface area contributed by atoms with E-state index in [1.165, 1.54) is 0 Å². The summed E-state index contributed by atoms with van der Waals surface area (Å²) in [6, 6.07) is 9.25. The van der Waals surface area contributed by atoms with Crippen LogP contribution in [-0.2, 0) is 14.3 Å². The third kappa shape index (κ3) is 5.49. The molecule has 0 unspecified atom stereocenters. The average Bonchev–Trinajstić information content (AvgIpc) is 2.60. The van der Waals surface area contributed by atoms with Crippen LogP contribution in [-0.4, -0.2) is 37.8 Å². The van der Waals surface area contributed by atoms with E-state index in [4.69, 9.17) is 16.3 Å². The van der Waals surface area contributed by atoms with Crippen LogP contribution >= 0.6 is 23.4 Å². The molecule has 0 saturated heterocycles. The maximum atomic E-state index is 12.0. The largest absolute Gasteiger partial charge is 0.383 e. The van der Waals surface area contributed by atoms with Gasteiger partial charge in [0, 0.05) is 31.0 Å². The third-order valence-corrected chi connectivity index (χ3v) is 4.87. The van der Waals surface area contributed by atoms with E-state index < -0.39 is 0 Å². The van der Waals surface area contributed by atoms with Crippen molar-refractivity contribution in [1.29, 1.82) is 5.26 Å². The highest BCUT2D eigenvalue weighted by molar-refractivity contribution is 8.03. The lowest BCUT2D eigenvalue weighted by Gasteiger charge is -2.25. The minimum absolute atomic E-state index is 0.109. The van der Waals surface area contributed by atoms with Gasteiger partial charge in [-0.1, -0.05) is 35.5 Å². The molecule has 2 amide bonds. The van der Waals surface area contributed by atoms with Gasteiger partial charge in [0.05, 0.1) is 29.0 Å². The number of hydrogen-bond donors (Lipinski definition) is 2. The van der Waals surface area contributed by atoms with Crippen LogP contribution in [0.25, 0.3) is 0 Å². The van der Waals surface area contributed by atoms with Gasteiger partial charge in [0.25, 0.3) is 0 Å². The second-order valence-electron chi connectivity index (χ2n) is 5.34. The molecule has 0 bridgehead atoms. The van der Waals surface area contributed by atoms with Crippen molar-refractivity contribution in [3.8, 4) is 6.07 Å². The van der Waals surface area contributed by atoms with Gasteiger partial charge in [-0.25, -0.2) is 0 Å². The summed E-state index contributed by atoms with van der Waals surface area (Å²) in [6.07, 6.45) is 0.189. The number of hydrogen-bond acceptors (Lipinski definition) is 5. The molecule has 0 aliphatic carbocycles. The number of ether oxygens (including phenoxy) is 1. The van der Waals surface area contributed by atoms with Gasteiger partial charge in [-0.05, 0) is 17.7 Å². The van der Waals surface area contributed by atoms with Gasteiger partial charge in [0.1, 0.15) is 0 Å². The molecule has 8 heteroatoms. The van der Waals surface area contributed by atoms with Crippen molar-refractivity contribution in [1.82, 2.24) is 10.6 Å². The predicted molar refractivity (Wildman–Crippen MR) is 96.9 cm³/mol. The minimum atomic E-state index is -0.338. The lowest BCUT2D eigenvalue weighted by atomic mass is 9.87. The van der Waals surface area contributed by atoms with Crippen LogP contribution in [0, 0.1) is 11.3 Å². The topological polar surface area (TPSA) is 91.2 Å². The molecule has 0 fully saturated rings. The lowest BCUT2D eigenvalue weighted by molar-refractivity contribution is -0.121. The van der Waals surface area contributed by atoms with Crippen LogP contribution in [0.1, 0.15) is 17.9 Å². The Morgan fingerprint density at radius 3 is 2.84 bits per heavy atom. The summed E-state index contributed by atoms with van der Waals surface area (Å²) in [5.41, 5.74) is 1.30. The first-order chi connectivity index (χ1) is 12.0. The summed E-state index contributed by atoms with van der Waals surface area (Å²) in [5.74, 6) is -0.594. The molecule has 1 aromatic rings. The summed E-state index contributed by atoms with van der Waals surface area (Å²) in [4.78, 5) is 23.8. The van der Waals surface area contributed by atoms with Gasteiger partial charge in [-0.15, -0.1) is 0 Å². The molecule has 0 saturated carbocycles. The summed E-state index contributed by atoms with van der Waals surface area (Å²) in [6.45, 7) is 0.845. The zero-order chi connectivity index (χ0) is 18.2.